The molecule has 2 aromatic rings. The Morgan fingerprint density at radius 2 is 2.10 bits per heavy atom. The monoisotopic (exact) mass is 311 g/mol. The number of furan rings is 1. The molecular weight excluding hydrogens is 303 g/mol. The largest absolute Gasteiger partial charge is 0.534 e. The molecule has 0 fully saturated rings. The summed E-state index contributed by atoms with van der Waals surface area (Å²) < 4.78 is 72.3. The lowest BCUT2D eigenvalue weighted by atomic mass is 10.2. The molecule has 2 aromatic heterocycles. The smallest absolute Gasteiger partial charge is 0.446 e. The molecule has 0 unspecified atom stereocenters. The van der Waals surface area contributed by atoms with Crippen LogP contribution in [0.4, 0.5) is 13.2 Å². The van der Waals surface area contributed by atoms with Crippen LogP contribution in [0.3, 0.4) is 0 Å². The van der Waals surface area contributed by atoms with Crippen LogP contribution in [0.1, 0.15) is 5.56 Å². The van der Waals surface area contributed by atoms with Gasteiger partial charge in [0.25, 0.3) is 0 Å². The molecule has 0 aliphatic heterocycles. The van der Waals surface area contributed by atoms with Crippen molar-refractivity contribution in [2.24, 2.45) is 0 Å². The van der Waals surface area contributed by atoms with E-state index in [0.717, 1.165) is 6.07 Å². The average Bonchev–Trinajstić information content (AvgIpc) is 2.75. The fraction of sp³-hybridized carbons (Fsp3) is 0.300. The zero-order chi connectivity index (χ0) is 15.0. The van der Waals surface area contributed by atoms with E-state index in [1.165, 1.54) is 19.4 Å². The first kappa shape index (κ1) is 14.6. The van der Waals surface area contributed by atoms with Crippen LogP contribution in [0, 0.1) is 0 Å². The van der Waals surface area contributed by atoms with Gasteiger partial charge in [0.05, 0.1) is 12.9 Å². The Kier molecular flexibility index (Phi) is 3.61. The first-order chi connectivity index (χ1) is 9.24. The van der Waals surface area contributed by atoms with E-state index < -0.39 is 21.5 Å². The fourth-order valence-electron chi connectivity index (χ4n) is 1.47. The van der Waals surface area contributed by atoms with Gasteiger partial charge >= 0.3 is 15.6 Å². The second-order valence-electron chi connectivity index (χ2n) is 3.68. The van der Waals surface area contributed by atoms with Crippen LogP contribution in [0.25, 0.3) is 11.1 Å². The number of alkyl halides is 3. The minimum absolute atomic E-state index is 0.0287. The first-order valence-electron chi connectivity index (χ1n) is 5.11. The first-order valence-corrected chi connectivity index (χ1v) is 6.52. The Bertz CT molecular complexity index is 722. The molecular formula is C10H8F3NO5S. The number of hydrogen-bond donors (Lipinski definition) is 0. The lowest BCUT2D eigenvalue weighted by Gasteiger charge is -2.09. The Hall–Kier alpha value is -1.81. The zero-order valence-corrected chi connectivity index (χ0v) is 10.8. The van der Waals surface area contributed by atoms with Gasteiger partial charge in [-0.15, -0.1) is 0 Å². The maximum Gasteiger partial charge on any atom is 0.534 e. The summed E-state index contributed by atoms with van der Waals surface area (Å²) >= 11 is 0. The van der Waals surface area contributed by atoms with Crippen LogP contribution in [0.5, 0.6) is 5.88 Å². The van der Waals surface area contributed by atoms with Crippen LogP contribution in [0.2, 0.25) is 0 Å². The Balaban J connectivity index is 2.45. The lowest BCUT2D eigenvalue weighted by Crippen LogP contribution is -2.28. The molecule has 0 aliphatic carbocycles. The van der Waals surface area contributed by atoms with Gasteiger partial charge in [0.15, 0.2) is 0 Å². The van der Waals surface area contributed by atoms with Gasteiger partial charge in [-0.2, -0.15) is 26.6 Å². The summed E-state index contributed by atoms with van der Waals surface area (Å²) in [6, 6.07) is 2.57. The number of fused-ring (bicyclic) bond motifs is 1. The molecule has 0 N–H and O–H groups in total. The molecule has 10 heteroatoms. The van der Waals surface area contributed by atoms with E-state index in [4.69, 9.17) is 9.15 Å². The summed E-state index contributed by atoms with van der Waals surface area (Å²) in [6.07, 6.45) is 1.26. The predicted octanol–water partition coefficient (Wildman–Crippen LogP) is 2.20. The second-order valence-corrected chi connectivity index (χ2v) is 5.21. The van der Waals surface area contributed by atoms with Crippen molar-refractivity contribution in [2.45, 2.75) is 12.1 Å². The van der Waals surface area contributed by atoms with E-state index in [-0.39, 0.29) is 12.3 Å². The van der Waals surface area contributed by atoms with E-state index >= 15 is 0 Å². The second kappa shape index (κ2) is 4.94. The van der Waals surface area contributed by atoms with Crippen molar-refractivity contribution in [3.05, 3.63) is 24.0 Å². The highest BCUT2D eigenvalue weighted by atomic mass is 32.2. The number of ether oxygens (including phenoxy) is 1. The summed E-state index contributed by atoms with van der Waals surface area (Å²) in [5.74, 6) is -0.739. The van der Waals surface area contributed by atoms with E-state index in [2.05, 4.69) is 9.17 Å². The van der Waals surface area contributed by atoms with Crippen molar-refractivity contribution in [3.8, 4) is 5.88 Å². The molecule has 2 rings (SSSR count). The molecule has 2 heterocycles. The Labute approximate surface area is 111 Å². The molecule has 0 radical (unpaired) electrons. The number of hydrogen-bond acceptors (Lipinski definition) is 6. The van der Waals surface area contributed by atoms with Gasteiger partial charge in [-0.3, -0.25) is 0 Å². The Morgan fingerprint density at radius 1 is 1.40 bits per heavy atom. The standard InChI is InChI=1S/C10H8F3NO5S/c1-17-5-6-4-8(14-9-7(6)2-3-18-9)19-20(15,16)10(11,12)13/h2-4H,5H2,1H3. The van der Waals surface area contributed by atoms with Gasteiger partial charge in [-0.05, 0) is 11.6 Å². The summed E-state index contributed by atoms with van der Waals surface area (Å²) in [6.45, 7) is 0.0287. The van der Waals surface area contributed by atoms with Gasteiger partial charge in [0.1, 0.15) is 0 Å². The van der Waals surface area contributed by atoms with Gasteiger partial charge in [-0.1, -0.05) is 0 Å². The molecule has 110 valence electrons. The minimum Gasteiger partial charge on any atom is -0.446 e. The molecule has 0 saturated heterocycles. The minimum atomic E-state index is -5.78. The molecule has 0 aromatic carbocycles. The van der Waals surface area contributed by atoms with Crippen LogP contribution in [0.15, 0.2) is 22.8 Å². The fourth-order valence-corrected chi connectivity index (χ4v) is 1.87. The van der Waals surface area contributed by atoms with Crippen LogP contribution >= 0.6 is 0 Å². The van der Waals surface area contributed by atoms with Gasteiger partial charge in [-0.25, -0.2) is 0 Å². The third-order valence-electron chi connectivity index (χ3n) is 2.28. The summed E-state index contributed by atoms with van der Waals surface area (Å²) in [5, 5.41) is 0.489. The average molecular weight is 311 g/mol. The van der Waals surface area contributed by atoms with Crippen LogP contribution < -0.4 is 4.18 Å². The zero-order valence-electron chi connectivity index (χ0n) is 9.97. The van der Waals surface area contributed by atoms with E-state index in [0.29, 0.717) is 10.9 Å². The highest BCUT2D eigenvalue weighted by molar-refractivity contribution is 7.87. The summed E-state index contributed by atoms with van der Waals surface area (Å²) in [5.41, 5.74) is -5.20. The summed E-state index contributed by atoms with van der Waals surface area (Å²) in [4.78, 5) is 3.55. The van der Waals surface area contributed by atoms with Crippen molar-refractivity contribution < 1.29 is 34.9 Å². The van der Waals surface area contributed by atoms with E-state index in [1.807, 2.05) is 0 Å². The predicted molar refractivity (Wildman–Crippen MR) is 60.3 cm³/mol. The molecule has 20 heavy (non-hydrogen) atoms. The molecule has 0 atom stereocenters. The van der Waals surface area contributed by atoms with Gasteiger partial charge in [0, 0.05) is 18.6 Å². The third kappa shape index (κ3) is 2.70. The number of aromatic nitrogens is 1. The number of methoxy groups -OCH3 is 1. The highest BCUT2D eigenvalue weighted by Crippen LogP contribution is 2.29. The van der Waals surface area contributed by atoms with Crippen LogP contribution in [-0.4, -0.2) is 26.0 Å². The third-order valence-corrected chi connectivity index (χ3v) is 3.24. The number of pyridine rings is 1. The van der Waals surface area contributed by atoms with E-state index in [1.54, 1.807) is 0 Å². The van der Waals surface area contributed by atoms with Crippen molar-refractivity contribution >= 4 is 21.2 Å². The molecule has 0 saturated carbocycles. The number of rotatable bonds is 4. The maximum absolute atomic E-state index is 12.2. The van der Waals surface area contributed by atoms with Crippen molar-refractivity contribution in [1.82, 2.24) is 4.98 Å². The van der Waals surface area contributed by atoms with Crippen molar-refractivity contribution in [3.63, 3.8) is 0 Å². The molecule has 0 spiro atoms. The molecule has 0 aliphatic rings. The quantitative estimate of drug-likeness (QED) is 0.636. The molecule has 0 amide bonds. The van der Waals surface area contributed by atoms with Crippen LogP contribution in [-0.2, 0) is 21.5 Å². The number of halogens is 3. The van der Waals surface area contributed by atoms with Gasteiger partial charge < -0.3 is 13.3 Å². The lowest BCUT2D eigenvalue weighted by molar-refractivity contribution is -0.0501. The molecule has 6 nitrogen and oxygen atoms in total. The SMILES string of the molecule is COCc1cc(OS(=O)(=O)C(F)(F)F)nc2occc12. The van der Waals surface area contributed by atoms with E-state index in [9.17, 15) is 21.6 Å². The maximum atomic E-state index is 12.2. The highest BCUT2D eigenvalue weighted by Gasteiger charge is 2.49. The number of nitrogens with zero attached hydrogens (tertiary/aromatic N) is 1. The molecule has 0 bridgehead atoms. The normalized spacial score (nSPS) is 12.8. The van der Waals surface area contributed by atoms with Crippen molar-refractivity contribution in [1.29, 1.82) is 0 Å². The van der Waals surface area contributed by atoms with Crippen molar-refractivity contribution in [2.75, 3.05) is 7.11 Å². The van der Waals surface area contributed by atoms with Gasteiger partial charge in [0.2, 0.25) is 11.6 Å². The Morgan fingerprint density at radius 3 is 2.70 bits per heavy atom. The summed E-state index contributed by atoms with van der Waals surface area (Å²) in [7, 11) is -4.40. The topological polar surface area (TPSA) is 78.6 Å².